The van der Waals surface area contributed by atoms with E-state index >= 15 is 0 Å². The van der Waals surface area contributed by atoms with E-state index in [1.807, 2.05) is 55.4 Å². The Labute approximate surface area is 214 Å². The number of nitrogens with one attached hydrogen (secondary N) is 2. The summed E-state index contributed by atoms with van der Waals surface area (Å²) in [7, 11) is 5.43. The molecule has 0 aliphatic rings. The molecule has 0 bridgehead atoms. The SMILES string of the molecule is CN(C)c1ccc(/C=N\Nc2nc3c(c(=O)[nH]c(=O)n3C)n2C[C@@H](O)COc2ccc(Br)cc2)cc1. The van der Waals surface area contributed by atoms with Gasteiger partial charge >= 0.3 is 5.69 Å². The number of fused-ring (bicyclic) bond motifs is 1. The first kappa shape index (κ1) is 25.2. The van der Waals surface area contributed by atoms with Crippen LogP contribution < -0.4 is 26.3 Å². The highest BCUT2D eigenvalue weighted by Gasteiger charge is 2.20. The number of ether oxygens (including phenoxy) is 1. The molecule has 0 unspecified atom stereocenters. The number of hydrazone groups is 1. The van der Waals surface area contributed by atoms with Gasteiger partial charge in [-0.1, -0.05) is 28.1 Å². The van der Waals surface area contributed by atoms with Crippen LogP contribution in [-0.4, -0.2) is 57.2 Å². The van der Waals surface area contributed by atoms with Crippen LogP contribution in [0.15, 0.2) is 67.7 Å². The van der Waals surface area contributed by atoms with Crippen molar-refractivity contribution in [3.63, 3.8) is 0 Å². The summed E-state index contributed by atoms with van der Waals surface area (Å²) in [5.41, 5.74) is 3.83. The second-order valence-electron chi connectivity index (χ2n) is 8.31. The minimum absolute atomic E-state index is 0.0219. The first-order chi connectivity index (χ1) is 17.2. The van der Waals surface area contributed by atoms with Crippen LogP contribution >= 0.6 is 15.9 Å². The fraction of sp³-hybridized carbons (Fsp3) is 0.250. The highest BCUT2D eigenvalue weighted by molar-refractivity contribution is 9.10. The van der Waals surface area contributed by atoms with Gasteiger partial charge in [0.05, 0.1) is 12.8 Å². The Morgan fingerprint density at radius 2 is 1.89 bits per heavy atom. The Balaban J connectivity index is 1.58. The molecule has 4 rings (SSSR count). The number of aromatic amines is 1. The molecule has 12 heteroatoms. The average Bonchev–Trinajstić information content (AvgIpc) is 3.21. The van der Waals surface area contributed by atoms with Gasteiger partial charge < -0.3 is 19.3 Å². The molecule has 0 radical (unpaired) electrons. The minimum atomic E-state index is -0.981. The number of anilines is 2. The highest BCUT2D eigenvalue weighted by atomic mass is 79.9. The van der Waals surface area contributed by atoms with E-state index in [9.17, 15) is 14.7 Å². The smallest absolute Gasteiger partial charge is 0.329 e. The van der Waals surface area contributed by atoms with Crippen molar-refractivity contribution in [2.24, 2.45) is 12.1 Å². The molecule has 0 amide bonds. The number of rotatable bonds is 9. The number of imidazole rings is 1. The van der Waals surface area contributed by atoms with Gasteiger partial charge in [0.2, 0.25) is 5.95 Å². The van der Waals surface area contributed by atoms with Gasteiger partial charge in [0.1, 0.15) is 18.5 Å². The molecule has 0 spiro atoms. The second kappa shape index (κ2) is 10.8. The summed E-state index contributed by atoms with van der Waals surface area (Å²) in [4.78, 5) is 33.4. The molecule has 0 fully saturated rings. The summed E-state index contributed by atoms with van der Waals surface area (Å²) >= 11 is 3.37. The van der Waals surface area contributed by atoms with Crippen LogP contribution in [0.5, 0.6) is 5.75 Å². The van der Waals surface area contributed by atoms with Crippen molar-refractivity contribution in [2.45, 2.75) is 12.6 Å². The van der Waals surface area contributed by atoms with E-state index in [4.69, 9.17) is 4.74 Å². The number of H-pyrrole nitrogens is 1. The van der Waals surface area contributed by atoms with Crippen LogP contribution in [0.25, 0.3) is 11.2 Å². The van der Waals surface area contributed by atoms with Gasteiger partial charge in [-0.3, -0.25) is 14.3 Å². The van der Waals surface area contributed by atoms with Crippen LogP contribution in [0.3, 0.4) is 0 Å². The third-order valence-corrected chi connectivity index (χ3v) is 5.97. The molecule has 2 aromatic heterocycles. The van der Waals surface area contributed by atoms with E-state index in [0.29, 0.717) is 5.75 Å². The van der Waals surface area contributed by atoms with Gasteiger partial charge in [-0.25, -0.2) is 10.2 Å². The number of hydrogen-bond donors (Lipinski definition) is 3. The summed E-state index contributed by atoms with van der Waals surface area (Å²) in [5.74, 6) is 0.789. The van der Waals surface area contributed by atoms with Gasteiger partial charge in [0.15, 0.2) is 11.2 Å². The van der Waals surface area contributed by atoms with Crippen LogP contribution in [-0.2, 0) is 13.6 Å². The van der Waals surface area contributed by atoms with Crippen molar-refractivity contribution in [2.75, 3.05) is 31.0 Å². The van der Waals surface area contributed by atoms with Gasteiger partial charge in [0.25, 0.3) is 5.56 Å². The summed E-state index contributed by atoms with van der Waals surface area (Å²) in [5, 5.41) is 14.9. The van der Waals surface area contributed by atoms with E-state index in [2.05, 4.69) is 36.4 Å². The molecule has 0 saturated carbocycles. The predicted molar refractivity (Wildman–Crippen MR) is 143 cm³/mol. The molecule has 3 N–H and O–H groups in total. The number of benzene rings is 2. The zero-order chi connectivity index (χ0) is 25.8. The standard InChI is InChI=1S/C24H26BrN7O4/c1-30(2)17-8-4-15(5-9-17)12-26-29-23-27-21-20(22(34)28-24(35)31(21)3)32(23)13-18(33)14-36-19-10-6-16(25)7-11-19/h4-12,18,33H,13-14H2,1-3H3,(H,27,29)(H,28,34,35)/b26-12-/t18-/m1/s1. The topological polar surface area (TPSA) is 130 Å². The van der Waals surface area contributed by atoms with Crippen LogP contribution in [0.4, 0.5) is 11.6 Å². The Morgan fingerprint density at radius 1 is 1.19 bits per heavy atom. The fourth-order valence-electron chi connectivity index (χ4n) is 3.51. The normalized spacial score (nSPS) is 12.2. The number of aliphatic hydroxyl groups excluding tert-OH is 1. The molecule has 2 aromatic carbocycles. The van der Waals surface area contributed by atoms with E-state index < -0.39 is 17.4 Å². The van der Waals surface area contributed by atoms with Crippen LogP contribution in [0, 0.1) is 0 Å². The average molecular weight is 556 g/mol. The summed E-state index contributed by atoms with van der Waals surface area (Å²) in [6, 6.07) is 15.0. The Hall–Kier alpha value is -3.90. The summed E-state index contributed by atoms with van der Waals surface area (Å²) < 4.78 is 9.29. The quantitative estimate of drug-likeness (QED) is 0.213. The minimum Gasteiger partial charge on any atom is -0.491 e. The molecular formula is C24H26BrN7O4. The van der Waals surface area contributed by atoms with Crippen molar-refractivity contribution in [3.8, 4) is 5.75 Å². The lowest BCUT2D eigenvalue weighted by molar-refractivity contribution is 0.0938. The molecule has 11 nitrogen and oxygen atoms in total. The van der Waals surface area contributed by atoms with Crippen molar-refractivity contribution in [3.05, 3.63) is 79.4 Å². The molecule has 4 aromatic rings. The number of hydrogen-bond acceptors (Lipinski definition) is 8. The first-order valence-corrected chi connectivity index (χ1v) is 11.8. The highest BCUT2D eigenvalue weighted by Crippen LogP contribution is 2.19. The van der Waals surface area contributed by atoms with Crippen LogP contribution in [0.1, 0.15) is 5.56 Å². The molecule has 2 heterocycles. The number of aromatic nitrogens is 4. The lowest BCUT2D eigenvalue weighted by Crippen LogP contribution is -2.30. The molecule has 0 saturated heterocycles. The maximum Gasteiger partial charge on any atom is 0.329 e. The van der Waals surface area contributed by atoms with Crippen molar-refractivity contribution in [1.29, 1.82) is 0 Å². The monoisotopic (exact) mass is 555 g/mol. The number of halogens is 1. The third-order valence-electron chi connectivity index (χ3n) is 5.44. The Morgan fingerprint density at radius 3 is 2.56 bits per heavy atom. The Kier molecular flexibility index (Phi) is 7.55. The van der Waals surface area contributed by atoms with Gasteiger partial charge in [-0.2, -0.15) is 10.1 Å². The summed E-state index contributed by atoms with van der Waals surface area (Å²) in [6.45, 7) is -0.0460. The second-order valence-corrected chi connectivity index (χ2v) is 9.23. The van der Waals surface area contributed by atoms with Crippen LogP contribution in [0.2, 0.25) is 0 Å². The first-order valence-electron chi connectivity index (χ1n) is 11.1. The maximum atomic E-state index is 12.6. The van der Waals surface area contributed by atoms with Gasteiger partial charge in [0, 0.05) is 31.3 Å². The van der Waals surface area contributed by atoms with E-state index in [0.717, 1.165) is 15.7 Å². The van der Waals surface area contributed by atoms with E-state index in [-0.39, 0.29) is 30.3 Å². The number of nitrogens with zero attached hydrogens (tertiary/aromatic N) is 5. The molecule has 36 heavy (non-hydrogen) atoms. The molecule has 1 atom stereocenters. The predicted octanol–water partition coefficient (Wildman–Crippen LogP) is 2.14. The van der Waals surface area contributed by atoms with Gasteiger partial charge in [-0.15, -0.1) is 0 Å². The molecule has 188 valence electrons. The summed E-state index contributed by atoms with van der Waals surface area (Å²) in [6.07, 6.45) is 0.630. The molecule has 0 aliphatic heterocycles. The molecule has 0 aliphatic carbocycles. The number of aryl methyl sites for hydroxylation is 1. The molecular weight excluding hydrogens is 530 g/mol. The Bertz CT molecular complexity index is 1490. The zero-order valence-electron chi connectivity index (χ0n) is 20.0. The third kappa shape index (κ3) is 5.66. The van der Waals surface area contributed by atoms with E-state index in [1.54, 1.807) is 18.3 Å². The zero-order valence-corrected chi connectivity index (χ0v) is 21.6. The lowest BCUT2D eigenvalue weighted by Gasteiger charge is -2.15. The maximum absolute atomic E-state index is 12.6. The van der Waals surface area contributed by atoms with Crippen molar-refractivity contribution in [1.82, 2.24) is 19.1 Å². The lowest BCUT2D eigenvalue weighted by atomic mass is 10.2. The van der Waals surface area contributed by atoms with E-state index in [1.165, 1.54) is 16.2 Å². The number of aliphatic hydroxyl groups is 1. The van der Waals surface area contributed by atoms with Crippen molar-refractivity contribution >= 4 is 44.9 Å². The van der Waals surface area contributed by atoms with Gasteiger partial charge in [-0.05, 0) is 42.0 Å². The largest absolute Gasteiger partial charge is 0.491 e. The fourth-order valence-corrected chi connectivity index (χ4v) is 3.77. The van der Waals surface area contributed by atoms with Crippen molar-refractivity contribution < 1.29 is 9.84 Å².